The molecule has 0 bridgehead atoms. The minimum Gasteiger partial charge on any atom is -0.395 e. The van der Waals surface area contributed by atoms with Crippen LogP contribution in [0.4, 0.5) is 0 Å². The molecule has 68 valence electrons. The first-order valence-electron chi connectivity index (χ1n) is 4.15. The Bertz CT molecular complexity index is 236. The van der Waals surface area contributed by atoms with E-state index in [0.29, 0.717) is 0 Å². The third-order valence-electron chi connectivity index (χ3n) is 2.13. The largest absolute Gasteiger partial charge is 0.395 e. The van der Waals surface area contributed by atoms with Gasteiger partial charge in [-0.1, -0.05) is 0 Å². The molecule has 0 spiro atoms. The van der Waals surface area contributed by atoms with Gasteiger partial charge in [0.1, 0.15) is 0 Å². The summed E-state index contributed by atoms with van der Waals surface area (Å²) in [6.45, 7) is 4.11. The molecule has 12 heavy (non-hydrogen) atoms. The number of H-pyrrole nitrogens is 1. The van der Waals surface area contributed by atoms with E-state index in [1.807, 2.05) is 20.0 Å². The van der Waals surface area contributed by atoms with E-state index in [4.69, 9.17) is 10.8 Å². The Labute approximate surface area is 72.6 Å². The van der Waals surface area contributed by atoms with Crippen LogP contribution in [0, 0.1) is 13.8 Å². The number of hydrogen-bond acceptors (Lipinski definition) is 2. The zero-order valence-corrected chi connectivity index (χ0v) is 7.59. The molecule has 3 heteroatoms. The maximum atomic E-state index is 8.78. The summed E-state index contributed by atoms with van der Waals surface area (Å²) >= 11 is 0. The molecule has 1 rings (SSSR count). The van der Waals surface area contributed by atoms with Gasteiger partial charge in [-0.25, -0.2) is 0 Å². The topological polar surface area (TPSA) is 62.0 Å². The number of aromatic nitrogens is 1. The van der Waals surface area contributed by atoms with Crippen molar-refractivity contribution in [2.24, 2.45) is 5.73 Å². The highest BCUT2D eigenvalue weighted by molar-refractivity contribution is 5.29. The van der Waals surface area contributed by atoms with Crippen molar-refractivity contribution in [3.63, 3.8) is 0 Å². The van der Waals surface area contributed by atoms with E-state index in [2.05, 4.69) is 4.98 Å². The van der Waals surface area contributed by atoms with Crippen LogP contribution < -0.4 is 5.73 Å². The average Bonchev–Trinajstić information content (AvgIpc) is 2.35. The van der Waals surface area contributed by atoms with Crippen LogP contribution in [0.5, 0.6) is 0 Å². The van der Waals surface area contributed by atoms with E-state index in [9.17, 15) is 0 Å². The van der Waals surface area contributed by atoms with E-state index >= 15 is 0 Å². The Morgan fingerprint density at radius 2 is 2.25 bits per heavy atom. The van der Waals surface area contributed by atoms with Crippen LogP contribution in [0.25, 0.3) is 0 Å². The fraction of sp³-hybridized carbons (Fsp3) is 0.556. The fourth-order valence-electron chi connectivity index (χ4n) is 1.33. The van der Waals surface area contributed by atoms with Gasteiger partial charge in [0.25, 0.3) is 0 Å². The van der Waals surface area contributed by atoms with E-state index in [-0.39, 0.29) is 12.6 Å². The summed E-state index contributed by atoms with van der Waals surface area (Å²) in [5, 5.41) is 8.78. The fourth-order valence-corrected chi connectivity index (χ4v) is 1.33. The maximum absolute atomic E-state index is 8.78. The third kappa shape index (κ3) is 1.87. The molecule has 1 aromatic rings. The van der Waals surface area contributed by atoms with E-state index in [1.54, 1.807) is 0 Å². The molecule has 1 unspecified atom stereocenters. The summed E-state index contributed by atoms with van der Waals surface area (Å²) < 4.78 is 0. The number of aromatic amines is 1. The van der Waals surface area contributed by atoms with Gasteiger partial charge >= 0.3 is 0 Å². The first kappa shape index (κ1) is 9.29. The summed E-state index contributed by atoms with van der Waals surface area (Å²) in [5.41, 5.74) is 9.24. The third-order valence-corrected chi connectivity index (χ3v) is 2.13. The van der Waals surface area contributed by atoms with Gasteiger partial charge in [-0.3, -0.25) is 0 Å². The summed E-state index contributed by atoms with van der Waals surface area (Å²) in [5.74, 6) is 0. The number of nitrogens with two attached hydrogens (primary N) is 1. The van der Waals surface area contributed by atoms with Crippen LogP contribution in [0.2, 0.25) is 0 Å². The number of aliphatic hydroxyl groups is 1. The number of aryl methyl sites for hydroxylation is 2. The minimum atomic E-state index is -0.141. The molecule has 1 atom stereocenters. The lowest BCUT2D eigenvalue weighted by Gasteiger charge is -2.08. The molecule has 0 aliphatic rings. The second kappa shape index (κ2) is 3.74. The van der Waals surface area contributed by atoms with Crippen molar-refractivity contribution in [1.29, 1.82) is 0 Å². The highest BCUT2D eigenvalue weighted by atomic mass is 16.3. The van der Waals surface area contributed by atoms with Crippen molar-refractivity contribution >= 4 is 0 Å². The lowest BCUT2D eigenvalue weighted by Crippen LogP contribution is -2.27. The van der Waals surface area contributed by atoms with Gasteiger partial charge < -0.3 is 15.8 Å². The molecule has 3 nitrogen and oxygen atoms in total. The lowest BCUT2D eigenvalue weighted by atomic mass is 10.0. The van der Waals surface area contributed by atoms with Gasteiger partial charge in [0, 0.05) is 17.9 Å². The lowest BCUT2D eigenvalue weighted by molar-refractivity contribution is 0.265. The quantitative estimate of drug-likeness (QED) is 0.615. The van der Waals surface area contributed by atoms with Crippen LogP contribution in [0.1, 0.15) is 16.8 Å². The van der Waals surface area contributed by atoms with E-state index in [1.165, 1.54) is 11.1 Å². The normalized spacial score (nSPS) is 13.3. The van der Waals surface area contributed by atoms with Gasteiger partial charge in [-0.15, -0.1) is 0 Å². The molecule has 0 aromatic carbocycles. The number of nitrogens with one attached hydrogen (secondary N) is 1. The second-order valence-corrected chi connectivity index (χ2v) is 3.22. The standard InChI is InChI=1S/C9H16N2O/c1-6-4-11-7(2)9(6)3-8(10)5-12/h4,8,11-12H,3,5,10H2,1-2H3. The highest BCUT2D eigenvalue weighted by Crippen LogP contribution is 2.13. The molecule has 1 aromatic heterocycles. The van der Waals surface area contributed by atoms with Crippen molar-refractivity contribution in [2.45, 2.75) is 26.3 Å². The molecule has 0 aliphatic carbocycles. The van der Waals surface area contributed by atoms with Gasteiger partial charge in [0.15, 0.2) is 0 Å². The van der Waals surface area contributed by atoms with Crippen LogP contribution in [0.15, 0.2) is 6.20 Å². The molecular weight excluding hydrogens is 152 g/mol. The smallest absolute Gasteiger partial charge is 0.0585 e. The molecule has 0 saturated carbocycles. The molecule has 0 radical (unpaired) electrons. The van der Waals surface area contributed by atoms with Crippen LogP contribution >= 0.6 is 0 Å². The average molecular weight is 168 g/mol. The number of rotatable bonds is 3. The van der Waals surface area contributed by atoms with E-state index in [0.717, 1.165) is 12.1 Å². The Kier molecular flexibility index (Phi) is 2.89. The molecule has 1 heterocycles. The van der Waals surface area contributed by atoms with Crippen molar-refractivity contribution in [2.75, 3.05) is 6.61 Å². The molecular formula is C9H16N2O. The van der Waals surface area contributed by atoms with Crippen molar-refractivity contribution in [3.8, 4) is 0 Å². The zero-order chi connectivity index (χ0) is 9.14. The van der Waals surface area contributed by atoms with Crippen LogP contribution in [-0.2, 0) is 6.42 Å². The Morgan fingerprint density at radius 3 is 2.67 bits per heavy atom. The van der Waals surface area contributed by atoms with Gasteiger partial charge in [-0.2, -0.15) is 0 Å². The monoisotopic (exact) mass is 168 g/mol. The summed E-state index contributed by atoms with van der Waals surface area (Å²) in [6, 6.07) is -0.141. The van der Waals surface area contributed by atoms with Crippen LogP contribution in [-0.4, -0.2) is 22.7 Å². The first-order valence-corrected chi connectivity index (χ1v) is 4.15. The highest BCUT2D eigenvalue weighted by Gasteiger charge is 2.08. The Balaban J connectivity index is 2.73. The molecule has 0 saturated heterocycles. The van der Waals surface area contributed by atoms with Gasteiger partial charge in [-0.05, 0) is 31.4 Å². The second-order valence-electron chi connectivity index (χ2n) is 3.22. The van der Waals surface area contributed by atoms with Crippen molar-refractivity contribution < 1.29 is 5.11 Å². The first-order chi connectivity index (χ1) is 5.65. The predicted octanol–water partition coefficient (Wildman–Crippen LogP) is 0.494. The SMILES string of the molecule is Cc1c[nH]c(C)c1CC(N)CO. The number of hydrogen-bond donors (Lipinski definition) is 3. The predicted molar refractivity (Wildman–Crippen MR) is 49.0 cm³/mol. The van der Waals surface area contributed by atoms with Crippen molar-refractivity contribution in [1.82, 2.24) is 4.98 Å². The summed E-state index contributed by atoms with van der Waals surface area (Å²) in [4.78, 5) is 3.13. The Morgan fingerprint density at radius 1 is 1.58 bits per heavy atom. The van der Waals surface area contributed by atoms with Crippen molar-refractivity contribution in [3.05, 3.63) is 23.0 Å². The van der Waals surface area contributed by atoms with Gasteiger partial charge in [0.2, 0.25) is 0 Å². The van der Waals surface area contributed by atoms with Gasteiger partial charge in [0.05, 0.1) is 6.61 Å². The molecule has 0 aliphatic heterocycles. The molecule has 0 fully saturated rings. The van der Waals surface area contributed by atoms with E-state index < -0.39 is 0 Å². The Hall–Kier alpha value is -0.800. The zero-order valence-electron chi connectivity index (χ0n) is 7.59. The summed E-state index contributed by atoms with van der Waals surface area (Å²) in [7, 11) is 0. The molecule has 0 amide bonds. The minimum absolute atomic E-state index is 0.0457. The maximum Gasteiger partial charge on any atom is 0.0585 e. The molecule has 4 N–H and O–H groups in total. The summed E-state index contributed by atoms with van der Waals surface area (Å²) in [6.07, 6.45) is 2.71. The van der Waals surface area contributed by atoms with Crippen LogP contribution in [0.3, 0.4) is 0 Å². The number of aliphatic hydroxyl groups excluding tert-OH is 1.